The molecule has 6 heteroatoms. The van der Waals surface area contributed by atoms with Crippen molar-refractivity contribution >= 4 is 17.9 Å². The van der Waals surface area contributed by atoms with E-state index in [9.17, 15) is 14.4 Å². The van der Waals surface area contributed by atoms with Crippen LogP contribution in [0.5, 0.6) is 0 Å². The van der Waals surface area contributed by atoms with E-state index in [1.807, 2.05) is 0 Å². The summed E-state index contributed by atoms with van der Waals surface area (Å²) in [4.78, 5) is 37.8. The van der Waals surface area contributed by atoms with Crippen LogP contribution in [0.25, 0.3) is 0 Å². The van der Waals surface area contributed by atoms with E-state index >= 15 is 0 Å². The average Bonchev–Trinajstić information content (AvgIpc) is 3.26. The molecule has 0 saturated carbocycles. The van der Waals surface area contributed by atoms with Gasteiger partial charge in [0.1, 0.15) is 13.2 Å². The normalized spacial score (nSPS) is 12.2. The highest BCUT2D eigenvalue weighted by atomic mass is 16.6. The maximum absolute atomic E-state index is 12.7. The fourth-order valence-electron chi connectivity index (χ4n) is 7.63. The van der Waals surface area contributed by atoms with Gasteiger partial charge < -0.3 is 14.2 Å². The molecule has 61 heavy (non-hydrogen) atoms. The first-order valence-electron chi connectivity index (χ1n) is 26.5. The molecule has 0 saturated heterocycles. The van der Waals surface area contributed by atoms with Gasteiger partial charge in [-0.1, -0.05) is 237 Å². The van der Waals surface area contributed by atoms with Crippen molar-refractivity contribution in [3.8, 4) is 0 Å². The van der Waals surface area contributed by atoms with Gasteiger partial charge in [-0.25, -0.2) is 0 Å². The van der Waals surface area contributed by atoms with Gasteiger partial charge >= 0.3 is 17.9 Å². The predicted octanol–water partition coefficient (Wildman–Crippen LogP) is 17.3. The SMILES string of the molecule is CCCCCCC/C=C\C/C=C\C/C=C\CCCCCCCCCCC(=O)OCC(COC(=O)CCCCCCCCCCCC)OC(=O)CCCCCCCCCCCC. The smallest absolute Gasteiger partial charge is 0.306 e. The van der Waals surface area contributed by atoms with Gasteiger partial charge in [-0.2, -0.15) is 0 Å². The summed E-state index contributed by atoms with van der Waals surface area (Å²) in [6.45, 7) is 6.61. The lowest BCUT2D eigenvalue weighted by atomic mass is 10.1. The molecular weight excluding hydrogens is 757 g/mol. The molecule has 0 fully saturated rings. The minimum atomic E-state index is -0.768. The van der Waals surface area contributed by atoms with E-state index in [-0.39, 0.29) is 31.1 Å². The van der Waals surface area contributed by atoms with Gasteiger partial charge in [-0.3, -0.25) is 14.4 Å². The lowest BCUT2D eigenvalue weighted by molar-refractivity contribution is -0.167. The van der Waals surface area contributed by atoms with Crippen molar-refractivity contribution < 1.29 is 28.6 Å². The van der Waals surface area contributed by atoms with Gasteiger partial charge in [0.2, 0.25) is 0 Å². The minimum Gasteiger partial charge on any atom is -0.462 e. The molecule has 0 amide bonds. The van der Waals surface area contributed by atoms with E-state index in [2.05, 4.69) is 57.2 Å². The molecule has 356 valence electrons. The Morgan fingerprint density at radius 2 is 0.590 bits per heavy atom. The van der Waals surface area contributed by atoms with Gasteiger partial charge in [-0.15, -0.1) is 0 Å². The Hall–Kier alpha value is -2.37. The number of allylic oxidation sites excluding steroid dienone is 6. The summed E-state index contributed by atoms with van der Waals surface area (Å²) in [5, 5.41) is 0. The molecular formula is C55H100O6. The molecule has 0 aromatic rings. The number of carbonyl (C=O) groups is 3. The largest absolute Gasteiger partial charge is 0.462 e. The van der Waals surface area contributed by atoms with Gasteiger partial charge in [-0.05, 0) is 57.8 Å². The van der Waals surface area contributed by atoms with Gasteiger partial charge in [0.05, 0.1) is 0 Å². The predicted molar refractivity (Wildman–Crippen MR) is 261 cm³/mol. The van der Waals surface area contributed by atoms with Crippen molar-refractivity contribution in [2.45, 2.75) is 284 Å². The number of rotatable bonds is 48. The highest BCUT2D eigenvalue weighted by Crippen LogP contribution is 2.15. The van der Waals surface area contributed by atoms with Crippen molar-refractivity contribution in [3.63, 3.8) is 0 Å². The fraction of sp³-hybridized carbons (Fsp3) is 0.836. The van der Waals surface area contributed by atoms with Crippen LogP contribution in [0.4, 0.5) is 0 Å². The minimum absolute atomic E-state index is 0.0707. The summed E-state index contributed by atoms with van der Waals surface area (Å²) in [7, 11) is 0. The maximum atomic E-state index is 12.7. The van der Waals surface area contributed by atoms with E-state index in [0.29, 0.717) is 19.3 Å². The second kappa shape index (κ2) is 50.3. The molecule has 0 spiro atoms. The van der Waals surface area contributed by atoms with E-state index in [4.69, 9.17) is 14.2 Å². The Morgan fingerprint density at radius 1 is 0.328 bits per heavy atom. The second-order valence-electron chi connectivity index (χ2n) is 17.8. The molecule has 0 aromatic carbocycles. The lowest BCUT2D eigenvalue weighted by Crippen LogP contribution is -2.30. The first kappa shape index (κ1) is 58.6. The summed E-state index contributed by atoms with van der Waals surface area (Å²) in [5.74, 6) is -0.872. The summed E-state index contributed by atoms with van der Waals surface area (Å²) in [6.07, 6.45) is 58.5. The van der Waals surface area contributed by atoms with Crippen molar-refractivity contribution in [1.29, 1.82) is 0 Å². The molecule has 6 nitrogen and oxygen atoms in total. The lowest BCUT2D eigenvalue weighted by Gasteiger charge is -2.18. The Labute approximate surface area is 378 Å². The molecule has 0 radical (unpaired) electrons. The van der Waals surface area contributed by atoms with Gasteiger partial charge in [0.15, 0.2) is 6.10 Å². The van der Waals surface area contributed by atoms with E-state index in [1.165, 1.54) is 161 Å². The molecule has 1 unspecified atom stereocenters. The van der Waals surface area contributed by atoms with Crippen molar-refractivity contribution in [3.05, 3.63) is 36.5 Å². The number of esters is 3. The molecule has 0 aliphatic rings. The Kier molecular flexibility index (Phi) is 48.3. The summed E-state index contributed by atoms with van der Waals surface area (Å²) in [6, 6.07) is 0. The highest BCUT2D eigenvalue weighted by Gasteiger charge is 2.19. The number of ether oxygens (including phenoxy) is 3. The van der Waals surface area contributed by atoms with Crippen molar-refractivity contribution in [1.82, 2.24) is 0 Å². The molecule has 1 atom stereocenters. The zero-order valence-electron chi connectivity index (χ0n) is 40.7. The quantitative estimate of drug-likeness (QED) is 0.0262. The first-order valence-corrected chi connectivity index (χ1v) is 26.5. The van der Waals surface area contributed by atoms with Crippen molar-refractivity contribution in [2.75, 3.05) is 13.2 Å². The van der Waals surface area contributed by atoms with Crippen LogP contribution < -0.4 is 0 Å². The van der Waals surface area contributed by atoms with Crippen LogP contribution in [0.3, 0.4) is 0 Å². The Balaban J connectivity index is 4.21. The maximum Gasteiger partial charge on any atom is 0.306 e. The zero-order valence-corrected chi connectivity index (χ0v) is 40.7. The van der Waals surface area contributed by atoms with E-state index in [0.717, 1.165) is 77.0 Å². The van der Waals surface area contributed by atoms with Gasteiger partial charge in [0.25, 0.3) is 0 Å². The zero-order chi connectivity index (χ0) is 44.4. The number of carbonyl (C=O) groups excluding carboxylic acids is 3. The summed E-state index contributed by atoms with van der Waals surface area (Å²) in [5.41, 5.74) is 0. The molecule has 0 aliphatic carbocycles. The summed E-state index contributed by atoms with van der Waals surface area (Å²) < 4.78 is 16.8. The van der Waals surface area contributed by atoms with E-state index in [1.54, 1.807) is 0 Å². The molecule has 0 aliphatic heterocycles. The molecule has 0 N–H and O–H groups in total. The summed E-state index contributed by atoms with van der Waals surface area (Å²) >= 11 is 0. The van der Waals surface area contributed by atoms with Crippen LogP contribution in [-0.2, 0) is 28.6 Å². The number of hydrogen-bond acceptors (Lipinski definition) is 6. The van der Waals surface area contributed by atoms with Crippen LogP contribution in [0.15, 0.2) is 36.5 Å². The Bertz CT molecular complexity index is 1030. The molecule has 0 aromatic heterocycles. The molecule has 0 rings (SSSR count). The first-order chi connectivity index (χ1) is 30.0. The van der Waals surface area contributed by atoms with Crippen molar-refractivity contribution in [2.24, 2.45) is 0 Å². The third-order valence-electron chi connectivity index (χ3n) is 11.6. The monoisotopic (exact) mass is 857 g/mol. The van der Waals surface area contributed by atoms with Crippen LogP contribution in [0.2, 0.25) is 0 Å². The van der Waals surface area contributed by atoms with E-state index < -0.39 is 6.10 Å². The standard InChI is InChI=1S/C55H100O6/c1-4-7-10-13-16-19-22-23-24-25-26-27-28-29-30-31-32-33-34-37-39-42-45-48-54(57)60-51-52(61-55(58)49-46-43-40-36-21-18-15-12-9-6-3)50-59-53(56)47-44-41-38-35-20-17-14-11-8-5-2/h22-23,25-26,28-29,52H,4-21,24,27,30-51H2,1-3H3/b23-22-,26-25-,29-28-. The van der Waals surface area contributed by atoms with Gasteiger partial charge in [0, 0.05) is 19.3 Å². The Morgan fingerprint density at radius 3 is 0.918 bits per heavy atom. The highest BCUT2D eigenvalue weighted by molar-refractivity contribution is 5.71. The number of unbranched alkanes of at least 4 members (excludes halogenated alkanes) is 31. The second-order valence-corrected chi connectivity index (χ2v) is 17.8. The average molecular weight is 857 g/mol. The third kappa shape index (κ3) is 48.5. The van der Waals surface area contributed by atoms with Crippen LogP contribution >= 0.6 is 0 Å². The number of hydrogen-bond donors (Lipinski definition) is 0. The van der Waals surface area contributed by atoms with Crippen LogP contribution in [0.1, 0.15) is 278 Å². The van der Waals surface area contributed by atoms with Crippen LogP contribution in [0, 0.1) is 0 Å². The third-order valence-corrected chi connectivity index (χ3v) is 11.6. The fourth-order valence-corrected chi connectivity index (χ4v) is 7.63. The topological polar surface area (TPSA) is 78.9 Å². The van der Waals surface area contributed by atoms with Crippen LogP contribution in [-0.4, -0.2) is 37.2 Å². The molecule has 0 heterocycles. The molecule has 0 bridgehead atoms.